The average Bonchev–Trinajstić information content (AvgIpc) is 2.23. The Kier molecular flexibility index (Phi) is 3.27. The lowest BCUT2D eigenvalue weighted by Crippen LogP contribution is -2.37. The number of benzene rings is 1. The van der Waals surface area contributed by atoms with E-state index in [1.54, 1.807) is 0 Å². The van der Waals surface area contributed by atoms with Gasteiger partial charge < -0.3 is 10.1 Å². The lowest BCUT2D eigenvalue weighted by molar-refractivity contribution is 0.167. The third kappa shape index (κ3) is 2.40. The van der Waals surface area contributed by atoms with Gasteiger partial charge in [-0.05, 0) is 31.5 Å². The second-order valence-electron chi connectivity index (χ2n) is 3.52. The van der Waals surface area contributed by atoms with E-state index in [0.29, 0.717) is 5.02 Å². The van der Waals surface area contributed by atoms with Crippen LogP contribution in [0.2, 0.25) is 5.02 Å². The van der Waals surface area contributed by atoms with E-state index in [0.717, 1.165) is 25.3 Å². The van der Waals surface area contributed by atoms with Crippen molar-refractivity contribution in [2.75, 3.05) is 13.1 Å². The summed E-state index contributed by atoms with van der Waals surface area (Å²) in [5.74, 6) is 0.794. The van der Waals surface area contributed by atoms with Crippen LogP contribution in [0.5, 0.6) is 5.75 Å². The van der Waals surface area contributed by atoms with Crippen LogP contribution in [0.25, 0.3) is 0 Å². The van der Waals surface area contributed by atoms with Crippen LogP contribution in [-0.4, -0.2) is 19.2 Å². The highest BCUT2D eigenvalue weighted by molar-refractivity contribution is 6.32. The van der Waals surface area contributed by atoms with Gasteiger partial charge in [0.2, 0.25) is 0 Å². The zero-order valence-electron chi connectivity index (χ0n) is 8.00. The third-order valence-electron chi connectivity index (χ3n) is 2.38. The Balaban J connectivity index is 1.99. The minimum Gasteiger partial charge on any atom is -0.488 e. The molecule has 0 aromatic heterocycles. The predicted octanol–water partition coefficient (Wildman–Crippen LogP) is 2.47. The molecular weight excluding hydrogens is 198 g/mol. The fraction of sp³-hybridized carbons (Fsp3) is 0.455. The van der Waals surface area contributed by atoms with E-state index >= 15 is 0 Å². The van der Waals surface area contributed by atoms with E-state index in [4.69, 9.17) is 16.3 Å². The Morgan fingerprint density at radius 2 is 2.21 bits per heavy atom. The fourth-order valence-electron chi connectivity index (χ4n) is 1.64. The van der Waals surface area contributed by atoms with Crippen molar-refractivity contribution in [3.63, 3.8) is 0 Å². The highest BCUT2D eigenvalue weighted by atomic mass is 35.5. The first-order valence-electron chi connectivity index (χ1n) is 4.98. The monoisotopic (exact) mass is 211 g/mol. The number of hydrogen-bond donors (Lipinski definition) is 1. The summed E-state index contributed by atoms with van der Waals surface area (Å²) in [4.78, 5) is 0. The van der Waals surface area contributed by atoms with Gasteiger partial charge in [-0.15, -0.1) is 0 Å². The Labute approximate surface area is 89.2 Å². The highest BCUT2D eigenvalue weighted by Gasteiger charge is 2.15. The topological polar surface area (TPSA) is 21.3 Å². The van der Waals surface area contributed by atoms with Crippen LogP contribution in [0.1, 0.15) is 12.8 Å². The molecule has 1 heterocycles. The maximum atomic E-state index is 6.00. The lowest BCUT2D eigenvalue weighted by Gasteiger charge is -2.24. The summed E-state index contributed by atoms with van der Waals surface area (Å²) in [6, 6.07) is 7.62. The molecule has 2 rings (SSSR count). The Bertz CT molecular complexity index is 297. The third-order valence-corrected chi connectivity index (χ3v) is 2.69. The molecule has 0 radical (unpaired) electrons. The van der Waals surface area contributed by atoms with Crippen molar-refractivity contribution in [2.45, 2.75) is 18.9 Å². The minimum atomic E-state index is 0.267. The van der Waals surface area contributed by atoms with Gasteiger partial charge in [-0.25, -0.2) is 0 Å². The predicted molar refractivity (Wildman–Crippen MR) is 58.0 cm³/mol. The van der Waals surface area contributed by atoms with E-state index in [9.17, 15) is 0 Å². The van der Waals surface area contributed by atoms with Gasteiger partial charge in [-0.1, -0.05) is 23.7 Å². The Hall–Kier alpha value is -0.730. The largest absolute Gasteiger partial charge is 0.488 e. The first-order chi connectivity index (χ1) is 6.86. The molecule has 76 valence electrons. The molecule has 1 fully saturated rings. The minimum absolute atomic E-state index is 0.267. The first-order valence-corrected chi connectivity index (χ1v) is 5.36. The standard InChI is InChI=1S/C11H14ClNO/c12-10-5-1-2-6-11(10)14-9-4-3-7-13-8-9/h1-2,5-6,9,13H,3-4,7-8H2. The molecule has 1 aromatic rings. The van der Waals surface area contributed by atoms with Crippen molar-refractivity contribution < 1.29 is 4.74 Å². The van der Waals surface area contributed by atoms with Crippen LogP contribution in [0, 0.1) is 0 Å². The van der Waals surface area contributed by atoms with Gasteiger partial charge in [0, 0.05) is 6.54 Å². The maximum absolute atomic E-state index is 6.00. The molecular formula is C11H14ClNO. The molecule has 0 saturated carbocycles. The van der Waals surface area contributed by atoms with Crippen LogP contribution in [0.4, 0.5) is 0 Å². The number of para-hydroxylation sites is 1. The average molecular weight is 212 g/mol. The van der Waals surface area contributed by atoms with Crippen molar-refractivity contribution in [3.8, 4) is 5.75 Å². The van der Waals surface area contributed by atoms with Gasteiger partial charge >= 0.3 is 0 Å². The molecule has 1 saturated heterocycles. The molecule has 2 nitrogen and oxygen atoms in total. The van der Waals surface area contributed by atoms with Gasteiger partial charge in [0.1, 0.15) is 11.9 Å². The summed E-state index contributed by atoms with van der Waals surface area (Å²) in [6.07, 6.45) is 2.55. The number of piperidine rings is 1. The van der Waals surface area contributed by atoms with Crippen LogP contribution in [0.15, 0.2) is 24.3 Å². The van der Waals surface area contributed by atoms with Crippen LogP contribution in [-0.2, 0) is 0 Å². The highest BCUT2D eigenvalue weighted by Crippen LogP contribution is 2.25. The first kappa shape index (κ1) is 9.81. The summed E-state index contributed by atoms with van der Waals surface area (Å²) >= 11 is 6.00. The van der Waals surface area contributed by atoms with E-state index in [2.05, 4.69) is 5.32 Å². The van der Waals surface area contributed by atoms with Gasteiger partial charge in [0.15, 0.2) is 0 Å². The summed E-state index contributed by atoms with van der Waals surface area (Å²) < 4.78 is 5.79. The number of nitrogens with one attached hydrogen (secondary N) is 1. The number of hydrogen-bond acceptors (Lipinski definition) is 2. The Morgan fingerprint density at radius 1 is 1.36 bits per heavy atom. The van der Waals surface area contributed by atoms with Gasteiger partial charge in [0.25, 0.3) is 0 Å². The molecule has 0 amide bonds. The van der Waals surface area contributed by atoms with Crippen molar-refractivity contribution >= 4 is 11.6 Å². The summed E-state index contributed by atoms with van der Waals surface area (Å²) in [5, 5.41) is 4.00. The van der Waals surface area contributed by atoms with Crippen molar-refractivity contribution in [1.29, 1.82) is 0 Å². The van der Waals surface area contributed by atoms with Gasteiger partial charge in [0.05, 0.1) is 5.02 Å². The maximum Gasteiger partial charge on any atom is 0.138 e. The van der Waals surface area contributed by atoms with E-state index < -0.39 is 0 Å². The molecule has 3 heteroatoms. The Morgan fingerprint density at radius 3 is 2.93 bits per heavy atom. The van der Waals surface area contributed by atoms with Crippen LogP contribution in [0.3, 0.4) is 0 Å². The smallest absolute Gasteiger partial charge is 0.138 e. The second kappa shape index (κ2) is 4.67. The number of ether oxygens (including phenoxy) is 1. The van der Waals surface area contributed by atoms with Crippen molar-refractivity contribution in [2.24, 2.45) is 0 Å². The van der Waals surface area contributed by atoms with Crippen LogP contribution >= 0.6 is 11.6 Å². The molecule has 0 spiro atoms. The zero-order chi connectivity index (χ0) is 9.80. The van der Waals surface area contributed by atoms with E-state index in [-0.39, 0.29) is 6.10 Å². The second-order valence-corrected chi connectivity index (χ2v) is 3.92. The lowest BCUT2D eigenvalue weighted by atomic mass is 10.1. The van der Waals surface area contributed by atoms with E-state index in [1.807, 2.05) is 24.3 Å². The molecule has 1 unspecified atom stereocenters. The SMILES string of the molecule is Clc1ccccc1OC1CCCNC1. The molecule has 0 bridgehead atoms. The van der Waals surface area contributed by atoms with Gasteiger partial charge in [-0.2, -0.15) is 0 Å². The van der Waals surface area contributed by atoms with Gasteiger partial charge in [-0.3, -0.25) is 0 Å². The molecule has 1 aliphatic rings. The molecule has 1 atom stereocenters. The molecule has 1 aromatic carbocycles. The van der Waals surface area contributed by atoms with Crippen molar-refractivity contribution in [1.82, 2.24) is 5.32 Å². The quantitative estimate of drug-likeness (QED) is 0.812. The zero-order valence-corrected chi connectivity index (χ0v) is 8.76. The number of rotatable bonds is 2. The molecule has 1 aliphatic heterocycles. The summed E-state index contributed by atoms with van der Waals surface area (Å²) in [5.41, 5.74) is 0. The van der Waals surface area contributed by atoms with E-state index in [1.165, 1.54) is 6.42 Å². The normalized spacial score (nSPS) is 21.9. The number of halogens is 1. The van der Waals surface area contributed by atoms with Crippen LogP contribution < -0.4 is 10.1 Å². The summed E-state index contributed by atoms with van der Waals surface area (Å²) in [6.45, 7) is 2.02. The summed E-state index contributed by atoms with van der Waals surface area (Å²) in [7, 11) is 0. The molecule has 14 heavy (non-hydrogen) atoms. The molecule has 1 N–H and O–H groups in total. The molecule has 0 aliphatic carbocycles. The fourth-order valence-corrected chi connectivity index (χ4v) is 1.82. The van der Waals surface area contributed by atoms with Crippen molar-refractivity contribution in [3.05, 3.63) is 29.3 Å².